The van der Waals surface area contributed by atoms with Crippen molar-refractivity contribution in [3.05, 3.63) is 37.3 Å². The van der Waals surface area contributed by atoms with E-state index in [1.165, 1.54) is 4.68 Å². The van der Waals surface area contributed by atoms with Gasteiger partial charge in [-0.3, -0.25) is 0 Å². The third kappa shape index (κ3) is 3.55. The standard InChI is InChI=1S/C8H6FN2.2Rb/c9-6-11-8-4-2-1-3-7(8)5-10-11;;/h1-6H;;/q-1;2*+1. The Hall–Kier alpha value is 2.10. The summed E-state index contributed by atoms with van der Waals surface area (Å²) in [4.78, 5) is 0. The van der Waals surface area contributed by atoms with Crippen LogP contribution in [0.4, 0.5) is 4.39 Å². The molecule has 0 aliphatic carbocycles. The van der Waals surface area contributed by atoms with Crippen molar-refractivity contribution in [3.63, 3.8) is 0 Å². The van der Waals surface area contributed by atoms with Crippen LogP contribution in [0.3, 0.4) is 0 Å². The molecule has 0 aliphatic heterocycles. The van der Waals surface area contributed by atoms with Crippen molar-refractivity contribution in [2.75, 3.05) is 0 Å². The van der Waals surface area contributed by atoms with E-state index < -0.39 is 0 Å². The van der Waals surface area contributed by atoms with E-state index in [2.05, 4.69) is 5.10 Å². The molecule has 13 heavy (non-hydrogen) atoms. The fourth-order valence-electron chi connectivity index (χ4n) is 1.07. The number of benzene rings is 1. The Morgan fingerprint density at radius 1 is 1.23 bits per heavy atom. The van der Waals surface area contributed by atoms with E-state index in [-0.39, 0.29) is 116 Å². The molecule has 0 aliphatic rings. The van der Waals surface area contributed by atoms with Gasteiger partial charge in [0.05, 0.1) is 0 Å². The largest absolute Gasteiger partial charge is 1.00 e. The Balaban J connectivity index is 0.000000720. The van der Waals surface area contributed by atoms with Crippen LogP contribution in [-0.2, 0) is 0 Å². The van der Waals surface area contributed by atoms with Gasteiger partial charge in [0, 0.05) is 13.0 Å². The number of para-hydroxylation sites is 1. The second-order valence-corrected chi connectivity index (χ2v) is 2.25. The molecule has 0 fully saturated rings. The zero-order valence-corrected chi connectivity index (χ0v) is 17.6. The second-order valence-electron chi connectivity index (χ2n) is 2.25. The fourth-order valence-corrected chi connectivity index (χ4v) is 1.07. The zero-order valence-electron chi connectivity index (χ0n) is 7.74. The van der Waals surface area contributed by atoms with Crippen LogP contribution in [-0.4, -0.2) is 9.78 Å². The van der Waals surface area contributed by atoms with Crippen LogP contribution in [0.15, 0.2) is 30.5 Å². The van der Waals surface area contributed by atoms with E-state index in [1.54, 1.807) is 6.20 Å². The summed E-state index contributed by atoms with van der Waals surface area (Å²) >= 11 is 0. The summed E-state index contributed by atoms with van der Waals surface area (Å²) in [6.07, 6.45) is 1.63. The summed E-state index contributed by atoms with van der Waals surface area (Å²) in [5.41, 5.74) is 0.787. The predicted molar refractivity (Wildman–Crippen MR) is 40.5 cm³/mol. The molecule has 2 nitrogen and oxygen atoms in total. The van der Waals surface area contributed by atoms with Crippen LogP contribution in [0.2, 0.25) is 0 Å². The third-order valence-corrected chi connectivity index (χ3v) is 1.60. The van der Waals surface area contributed by atoms with Crippen molar-refractivity contribution in [2.24, 2.45) is 0 Å². The summed E-state index contributed by atoms with van der Waals surface area (Å²) in [5, 5.41) is 4.75. The van der Waals surface area contributed by atoms with Crippen molar-refractivity contribution < 1.29 is 121 Å². The molecule has 1 aromatic heterocycles. The van der Waals surface area contributed by atoms with Crippen molar-refractivity contribution >= 4 is 10.9 Å². The van der Waals surface area contributed by atoms with Gasteiger partial charge in [0.1, 0.15) is 0 Å². The first-order valence-electron chi connectivity index (χ1n) is 3.27. The van der Waals surface area contributed by atoms with Gasteiger partial charge in [-0.05, 0) is 0 Å². The molecule has 0 atom stereocenters. The maximum atomic E-state index is 12.1. The molecule has 0 N–H and O–H groups in total. The van der Waals surface area contributed by atoms with Crippen molar-refractivity contribution in [1.82, 2.24) is 9.78 Å². The maximum absolute atomic E-state index is 12.1. The van der Waals surface area contributed by atoms with Crippen molar-refractivity contribution in [2.45, 2.75) is 0 Å². The quantitative estimate of drug-likeness (QED) is 0.490. The van der Waals surface area contributed by atoms with E-state index in [0.717, 1.165) is 10.9 Å². The topological polar surface area (TPSA) is 17.8 Å². The molecule has 0 spiro atoms. The van der Waals surface area contributed by atoms with Crippen LogP contribution < -0.4 is 116 Å². The van der Waals surface area contributed by atoms with Crippen LogP contribution in [0.25, 0.3) is 10.9 Å². The van der Waals surface area contributed by atoms with Crippen LogP contribution in [0.1, 0.15) is 0 Å². The smallest absolute Gasteiger partial charge is 0.370 e. The molecule has 56 valence electrons. The maximum Gasteiger partial charge on any atom is 1.00 e. The van der Waals surface area contributed by atoms with E-state index in [9.17, 15) is 4.39 Å². The van der Waals surface area contributed by atoms with Gasteiger partial charge in [0.15, 0.2) is 0 Å². The molecule has 0 amide bonds. The van der Waals surface area contributed by atoms with E-state index in [4.69, 9.17) is 0 Å². The number of halogens is 1. The normalized spacial score (nSPS) is 8.69. The van der Waals surface area contributed by atoms with E-state index in [1.807, 2.05) is 24.3 Å². The Kier molecular flexibility index (Phi) is 8.58. The minimum absolute atomic E-state index is 0. The van der Waals surface area contributed by atoms with Gasteiger partial charge in [0.2, 0.25) is 0 Å². The first kappa shape index (κ1) is 15.1. The Morgan fingerprint density at radius 2 is 1.92 bits per heavy atom. The van der Waals surface area contributed by atoms with Crippen LogP contribution in [0.5, 0.6) is 0 Å². The predicted octanol–water partition coefficient (Wildman–Crippen LogP) is -4.02. The molecule has 1 heterocycles. The number of rotatable bonds is 1. The Labute approximate surface area is 174 Å². The van der Waals surface area contributed by atoms with Gasteiger partial charge >= 0.3 is 116 Å². The SMILES string of the molecule is F[CH-]n1ncc2ccccc21.[Rb+].[Rb+]. The van der Waals surface area contributed by atoms with Gasteiger partial charge in [-0.25, -0.2) is 5.10 Å². The Bertz CT molecular complexity index is 375. The Morgan fingerprint density at radius 3 is 2.62 bits per heavy atom. The van der Waals surface area contributed by atoms with Crippen LogP contribution >= 0.6 is 0 Å². The second kappa shape index (κ2) is 7.39. The molecule has 5 heteroatoms. The molecule has 0 saturated carbocycles. The first-order valence-corrected chi connectivity index (χ1v) is 3.27. The average molecular weight is 320 g/mol. The molecule has 1 aromatic carbocycles. The average Bonchev–Trinajstić information content (AvgIpc) is 2.47. The summed E-state index contributed by atoms with van der Waals surface area (Å²) in [6, 6.07) is 7.46. The van der Waals surface area contributed by atoms with Gasteiger partial charge in [-0.15, -0.1) is 6.07 Å². The summed E-state index contributed by atoms with van der Waals surface area (Å²) < 4.78 is 13.3. The number of hydrogen-bond acceptors (Lipinski definition) is 1. The van der Waals surface area contributed by atoms with Gasteiger partial charge in [-0.1, -0.05) is 29.1 Å². The molecule has 0 radical (unpaired) electrons. The number of nitrogens with zero attached hydrogens (tertiary/aromatic N) is 2. The first-order chi connectivity index (χ1) is 5.42. The van der Waals surface area contributed by atoms with E-state index >= 15 is 0 Å². The molecular weight excluding hydrogens is 314 g/mol. The summed E-state index contributed by atoms with van der Waals surface area (Å²) in [7, 11) is 0. The molecule has 0 saturated heterocycles. The zero-order chi connectivity index (χ0) is 7.68. The number of fused-ring (bicyclic) bond motifs is 1. The molecule has 0 bridgehead atoms. The van der Waals surface area contributed by atoms with Gasteiger partial charge in [0.25, 0.3) is 0 Å². The minimum Gasteiger partial charge on any atom is -0.370 e. The van der Waals surface area contributed by atoms with Crippen molar-refractivity contribution in [3.8, 4) is 0 Å². The number of hydrogen-bond donors (Lipinski definition) is 0. The van der Waals surface area contributed by atoms with E-state index in [0.29, 0.717) is 6.80 Å². The van der Waals surface area contributed by atoms with Crippen molar-refractivity contribution in [1.29, 1.82) is 0 Å². The van der Waals surface area contributed by atoms with Crippen LogP contribution in [0, 0.1) is 6.80 Å². The van der Waals surface area contributed by atoms with Gasteiger partial charge in [-0.2, -0.15) is 0 Å². The number of aromatic nitrogens is 2. The fraction of sp³-hybridized carbons (Fsp3) is 0. The minimum atomic E-state index is 0. The third-order valence-electron chi connectivity index (χ3n) is 1.60. The molecular formula is C8H6FN2Rb2+. The van der Waals surface area contributed by atoms with Gasteiger partial charge < -0.3 is 9.07 Å². The molecule has 2 aromatic rings. The monoisotopic (exact) mass is 319 g/mol. The summed E-state index contributed by atoms with van der Waals surface area (Å²) in [5.74, 6) is 0. The molecule has 2 rings (SSSR count). The molecule has 0 unspecified atom stereocenters. The summed E-state index contributed by atoms with van der Waals surface area (Å²) in [6.45, 7) is 0.447.